The number of nitrogens with zero attached hydrogens (tertiary/aromatic N) is 1. The second-order valence-electron chi connectivity index (χ2n) is 16.9. The summed E-state index contributed by atoms with van der Waals surface area (Å²) in [5.74, 6) is 1.47. The van der Waals surface area contributed by atoms with E-state index < -0.39 is 16.6 Å². The Labute approximate surface area is 282 Å². The van der Waals surface area contributed by atoms with E-state index in [0.717, 1.165) is 23.1 Å². The van der Waals surface area contributed by atoms with Crippen LogP contribution in [0.25, 0.3) is 11.1 Å². The largest absolute Gasteiger partial charge is 0.493 e. The third-order valence-corrected chi connectivity index (χ3v) is 19.8. The van der Waals surface area contributed by atoms with Gasteiger partial charge >= 0.3 is 7.12 Å². The number of pyridine rings is 1. The van der Waals surface area contributed by atoms with Gasteiger partial charge in [0.25, 0.3) is 0 Å². The monoisotopic (exact) mass is 671 g/mol. The molecule has 0 amide bonds. The number of aromatic nitrogens is 1. The molecule has 10 heteroatoms. The summed E-state index contributed by atoms with van der Waals surface area (Å²) in [6, 6.07) is 8.29. The molecule has 1 saturated heterocycles. The van der Waals surface area contributed by atoms with E-state index in [1.165, 1.54) is 0 Å². The molecule has 7 nitrogen and oxygen atoms in total. The number of ether oxygens (including phenoxy) is 2. The summed E-state index contributed by atoms with van der Waals surface area (Å²) >= 11 is 0. The fraction of sp³-hybridized carbons (Fsp3) is 0.694. The zero-order valence-electron chi connectivity index (χ0n) is 31.6. The van der Waals surface area contributed by atoms with E-state index in [1.807, 2.05) is 24.5 Å². The molecule has 1 aliphatic rings. The SMILES string of the molecule is COc1ccc(-c2cncc(C(CO[Si](C)(C)C(C)(C)C)CB3OC(C)(C)C(C)(C)O3)c2)cc1OCCCO[Si](C)(C)C(C)(C)C. The van der Waals surface area contributed by atoms with Crippen LogP contribution in [0.3, 0.4) is 0 Å². The van der Waals surface area contributed by atoms with E-state index in [-0.39, 0.29) is 34.3 Å². The smallest absolute Gasteiger partial charge is 0.458 e. The van der Waals surface area contributed by atoms with E-state index in [1.54, 1.807) is 7.11 Å². The summed E-state index contributed by atoms with van der Waals surface area (Å²) in [4.78, 5) is 4.70. The second kappa shape index (κ2) is 14.4. The van der Waals surface area contributed by atoms with Crippen LogP contribution in [0.4, 0.5) is 0 Å². The number of rotatable bonds is 14. The molecule has 0 aliphatic carbocycles. The Morgan fingerprint density at radius 1 is 0.783 bits per heavy atom. The van der Waals surface area contributed by atoms with Gasteiger partial charge in [0.1, 0.15) is 0 Å². The second-order valence-corrected chi connectivity index (χ2v) is 26.5. The first-order valence-electron chi connectivity index (χ1n) is 16.9. The summed E-state index contributed by atoms with van der Waals surface area (Å²) in [5.41, 5.74) is 2.35. The standard InChI is InChI=1S/C36H62BNO6Si2/c1-33(2,3)45(12,13)41-20-16-19-40-32-22-27(17-18-31(32)39-11)28-21-29(25-38-24-28)30(26-42-46(14,15)34(4,5)6)23-37-43-35(7,8)36(9,10)44-37/h17-18,21-22,24-25,30H,16,19-20,23,26H2,1-15H3. The van der Waals surface area contributed by atoms with Crippen LogP contribution < -0.4 is 9.47 Å². The van der Waals surface area contributed by atoms with Gasteiger partial charge in [-0.25, -0.2) is 0 Å². The van der Waals surface area contributed by atoms with Crippen molar-refractivity contribution < 1.29 is 27.6 Å². The maximum absolute atomic E-state index is 6.78. The fourth-order valence-corrected chi connectivity index (χ4v) is 6.85. The van der Waals surface area contributed by atoms with E-state index in [9.17, 15) is 0 Å². The molecule has 1 atom stereocenters. The fourth-order valence-electron chi connectivity index (χ4n) is 4.71. The van der Waals surface area contributed by atoms with Crippen LogP contribution in [0.2, 0.25) is 42.6 Å². The molecule has 2 heterocycles. The lowest BCUT2D eigenvalue weighted by Crippen LogP contribution is -2.42. The molecule has 0 bridgehead atoms. The predicted octanol–water partition coefficient (Wildman–Crippen LogP) is 9.75. The van der Waals surface area contributed by atoms with Crippen LogP contribution in [0.1, 0.15) is 87.1 Å². The molecule has 3 rings (SSSR count). The normalized spacial score (nSPS) is 17.7. The maximum Gasteiger partial charge on any atom is 0.458 e. The zero-order chi connectivity index (χ0) is 34.8. The highest BCUT2D eigenvalue weighted by Crippen LogP contribution is 2.42. The molecule has 1 unspecified atom stereocenters. The molecule has 0 radical (unpaired) electrons. The van der Waals surface area contributed by atoms with Crippen LogP contribution in [0.15, 0.2) is 36.7 Å². The minimum atomic E-state index is -1.99. The molecule has 2 aromatic rings. The van der Waals surface area contributed by atoms with E-state index in [2.05, 4.69) is 108 Å². The Morgan fingerprint density at radius 3 is 1.93 bits per heavy atom. The van der Waals surface area contributed by atoms with Crippen LogP contribution in [-0.4, -0.2) is 66.9 Å². The zero-order valence-corrected chi connectivity index (χ0v) is 33.6. The minimum Gasteiger partial charge on any atom is -0.493 e. The Kier molecular flexibility index (Phi) is 12.2. The summed E-state index contributed by atoms with van der Waals surface area (Å²) in [6.45, 7) is 33.0. The van der Waals surface area contributed by atoms with Crippen LogP contribution in [-0.2, 0) is 18.2 Å². The maximum atomic E-state index is 6.78. The van der Waals surface area contributed by atoms with Gasteiger partial charge in [0.05, 0.1) is 24.9 Å². The van der Waals surface area contributed by atoms with E-state index in [4.69, 9.17) is 32.6 Å². The van der Waals surface area contributed by atoms with Crippen LogP contribution in [0, 0.1) is 0 Å². The van der Waals surface area contributed by atoms with Crippen molar-refractivity contribution in [2.24, 2.45) is 0 Å². The lowest BCUT2D eigenvalue weighted by atomic mass is 9.75. The molecule has 1 aromatic heterocycles. The minimum absolute atomic E-state index is 0.0474. The van der Waals surface area contributed by atoms with Gasteiger partial charge in [0.2, 0.25) is 0 Å². The molecular formula is C36H62BNO6Si2. The van der Waals surface area contributed by atoms with Crippen molar-refractivity contribution in [1.29, 1.82) is 0 Å². The van der Waals surface area contributed by atoms with Crippen molar-refractivity contribution in [2.45, 2.75) is 135 Å². The third-order valence-electron chi connectivity index (χ3n) is 10.8. The highest BCUT2D eigenvalue weighted by molar-refractivity contribution is 6.74. The molecule has 1 aromatic carbocycles. The summed E-state index contributed by atoms with van der Waals surface area (Å²) in [6.07, 6.45) is 5.35. The molecule has 0 saturated carbocycles. The van der Waals surface area contributed by atoms with Gasteiger partial charge in [-0.05, 0) is 99.6 Å². The van der Waals surface area contributed by atoms with Gasteiger partial charge in [-0.1, -0.05) is 47.6 Å². The summed E-state index contributed by atoms with van der Waals surface area (Å²) < 4.78 is 37.9. The molecule has 1 fully saturated rings. The van der Waals surface area contributed by atoms with Crippen molar-refractivity contribution in [3.63, 3.8) is 0 Å². The summed E-state index contributed by atoms with van der Waals surface area (Å²) in [5, 5.41) is 0.298. The number of methoxy groups -OCH3 is 1. The Morgan fingerprint density at radius 2 is 1.37 bits per heavy atom. The van der Waals surface area contributed by atoms with Crippen molar-refractivity contribution in [3.05, 3.63) is 42.2 Å². The molecule has 0 N–H and O–H groups in total. The van der Waals surface area contributed by atoms with E-state index >= 15 is 0 Å². The molecule has 258 valence electrons. The van der Waals surface area contributed by atoms with Gasteiger partial charge in [-0.2, -0.15) is 0 Å². The van der Waals surface area contributed by atoms with Crippen LogP contribution in [0.5, 0.6) is 11.5 Å². The van der Waals surface area contributed by atoms with E-state index in [0.29, 0.717) is 37.6 Å². The van der Waals surface area contributed by atoms with Gasteiger partial charge in [-0.15, -0.1) is 0 Å². The number of hydrogen-bond acceptors (Lipinski definition) is 7. The quantitative estimate of drug-likeness (QED) is 0.146. The van der Waals surface area contributed by atoms with Crippen molar-refractivity contribution in [2.75, 3.05) is 26.9 Å². The highest BCUT2D eigenvalue weighted by Gasteiger charge is 2.51. The first kappa shape index (κ1) is 38.8. The first-order chi connectivity index (χ1) is 21.0. The predicted molar refractivity (Wildman–Crippen MR) is 196 cm³/mol. The van der Waals surface area contributed by atoms with Gasteiger partial charge in [0, 0.05) is 43.5 Å². The Bertz CT molecular complexity index is 1290. The molecule has 1 aliphatic heterocycles. The third kappa shape index (κ3) is 9.47. The van der Waals surface area contributed by atoms with Crippen molar-refractivity contribution in [1.82, 2.24) is 4.98 Å². The number of hydrogen-bond donors (Lipinski definition) is 0. The summed E-state index contributed by atoms with van der Waals surface area (Å²) in [7, 11) is -2.43. The Hall–Kier alpha value is -1.69. The lowest BCUT2D eigenvalue weighted by Gasteiger charge is -2.37. The molecular weight excluding hydrogens is 609 g/mol. The van der Waals surface area contributed by atoms with Crippen molar-refractivity contribution in [3.8, 4) is 22.6 Å². The van der Waals surface area contributed by atoms with Crippen molar-refractivity contribution >= 4 is 23.8 Å². The first-order valence-corrected chi connectivity index (χ1v) is 22.7. The topological polar surface area (TPSA) is 68.3 Å². The highest BCUT2D eigenvalue weighted by atomic mass is 28.4. The molecule has 0 spiro atoms. The van der Waals surface area contributed by atoms with Crippen LogP contribution >= 0.6 is 0 Å². The Balaban J connectivity index is 1.82. The average molecular weight is 672 g/mol. The number of benzene rings is 1. The van der Waals surface area contributed by atoms with Gasteiger partial charge in [0.15, 0.2) is 28.1 Å². The average Bonchev–Trinajstić information content (AvgIpc) is 3.14. The van der Waals surface area contributed by atoms with Gasteiger partial charge < -0.3 is 27.6 Å². The van der Waals surface area contributed by atoms with Gasteiger partial charge in [-0.3, -0.25) is 4.98 Å². The molecule has 46 heavy (non-hydrogen) atoms. The lowest BCUT2D eigenvalue weighted by molar-refractivity contribution is 0.00578.